The molecule has 16 heavy (non-hydrogen) atoms. The number of nitrogens with zero attached hydrogens (tertiary/aromatic N) is 3. The van der Waals surface area contributed by atoms with Crippen LogP contribution in [0.5, 0.6) is 0 Å². The monoisotopic (exact) mass is 224 g/mol. The highest BCUT2D eigenvalue weighted by Crippen LogP contribution is 2.24. The van der Waals surface area contributed by atoms with Crippen LogP contribution in [0.2, 0.25) is 0 Å². The van der Waals surface area contributed by atoms with Gasteiger partial charge in [0.2, 0.25) is 0 Å². The number of aliphatic hydroxyl groups excluding tert-OH is 1. The third-order valence-corrected chi connectivity index (χ3v) is 3.18. The fourth-order valence-electron chi connectivity index (χ4n) is 2.27. The Balaban J connectivity index is 1.76. The maximum Gasteiger partial charge on any atom is 0.0964 e. The standard InChI is InChI=1S/C11H20N4O/c1-9-2-3-10(6-9)12-7-11-8-15(4-5-16)14-13-11/h8-10,12,16H,2-7H2,1H3. The average molecular weight is 224 g/mol. The molecule has 1 aliphatic rings. The number of rotatable bonds is 5. The molecule has 0 radical (unpaired) electrons. The first-order chi connectivity index (χ1) is 7.78. The molecule has 1 saturated carbocycles. The summed E-state index contributed by atoms with van der Waals surface area (Å²) in [6.07, 6.45) is 5.76. The van der Waals surface area contributed by atoms with Gasteiger partial charge in [-0.1, -0.05) is 12.1 Å². The van der Waals surface area contributed by atoms with Crippen molar-refractivity contribution in [3.63, 3.8) is 0 Å². The highest BCUT2D eigenvalue weighted by Gasteiger charge is 2.20. The Labute approximate surface area is 95.8 Å². The minimum absolute atomic E-state index is 0.108. The molecule has 5 heteroatoms. The van der Waals surface area contributed by atoms with Crippen LogP contribution in [-0.2, 0) is 13.1 Å². The molecule has 2 N–H and O–H groups in total. The highest BCUT2D eigenvalue weighted by molar-refractivity contribution is 4.93. The van der Waals surface area contributed by atoms with E-state index in [1.165, 1.54) is 19.3 Å². The minimum atomic E-state index is 0.108. The molecule has 1 heterocycles. The van der Waals surface area contributed by atoms with Gasteiger partial charge in [0.1, 0.15) is 0 Å². The summed E-state index contributed by atoms with van der Waals surface area (Å²) >= 11 is 0. The average Bonchev–Trinajstić information content (AvgIpc) is 2.85. The molecule has 2 rings (SSSR count). The first-order valence-electron chi connectivity index (χ1n) is 6.01. The Morgan fingerprint density at radius 1 is 1.56 bits per heavy atom. The van der Waals surface area contributed by atoms with Crippen LogP contribution >= 0.6 is 0 Å². The van der Waals surface area contributed by atoms with Crippen LogP contribution in [0.3, 0.4) is 0 Å². The van der Waals surface area contributed by atoms with Gasteiger partial charge in [0.25, 0.3) is 0 Å². The van der Waals surface area contributed by atoms with Crippen LogP contribution in [0, 0.1) is 5.92 Å². The molecule has 1 fully saturated rings. The molecule has 0 aromatic carbocycles. The number of hydrogen-bond donors (Lipinski definition) is 2. The summed E-state index contributed by atoms with van der Waals surface area (Å²) in [6, 6.07) is 0.637. The van der Waals surface area contributed by atoms with Gasteiger partial charge in [0.05, 0.1) is 18.8 Å². The summed E-state index contributed by atoms with van der Waals surface area (Å²) < 4.78 is 1.67. The zero-order valence-electron chi connectivity index (χ0n) is 9.76. The van der Waals surface area contributed by atoms with Crippen molar-refractivity contribution >= 4 is 0 Å². The zero-order valence-corrected chi connectivity index (χ0v) is 9.76. The summed E-state index contributed by atoms with van der Waals surface area (Å²) in [5.41, 5.74) is 0.952. The van der Waals surface area contributed by atoms with E-state index in [1.807, 2.05) is 6.20 Å². The molecule has 5 nitrogen and oxygen atoms in total. The Morgan fingerprint density at radius 3 is 3.12 bits per heavy atom. The molecule has 90 valence electrons. The number of nitrogens with one attached hydrogen (secondary N) is 1. The van der Waals surface area contributed by atoms with Gasteiger partial charge >= 0.3 is 0 Å². The lowest BCUT2D eigenvalue weighted by atomic mass is 10.1. The number of hydrogen-bond acceptors (Lipinski definition) is 4. The molecule has 0 aliphatic heterocycles. The second-order valence-electron chi connectivity index (χ2n) is 4.69. The van der Waals surface area contributed by atoms with Crippen molar-refractivity contribution in [1.29, 1.82) is 0 Å². The molecule has 1 aliphatic carbocycles. The van der Waals surface area contributed by atoms with E-state index >= 15 is 0 Å². The van der Waals surface area contributed by atoms with Crippen LogP contribution in [0.4, 0.5) is 0 Å². The molecule has 1 aromatic rings. The second kappa shape index (κ2) is 5.41. The lowest BCUT2D eigenvalue weighted by Gasteiger charge is -2.10. The summed E-state index contributed by atoms with van der Waals surface area (Å²) in [7, 11) is 0. The van der Waals surface area contributed by atoms with E-state index < -0.39 is 0 Å². The molecular weight excluding hydrogens is 204 g/mol. The topological polar surface area (TPSA) is 63.0 Å². The fraction of sp³-hybridized carbons (Fsp3) is 0.818. The predicted octanol–water partition coefficient (Wildman–Crippen LogP) is 0.549. The second-order valence-corrected chi connectivity index (χ2v) is 4.69. The van der Waals surface area contributed by atoms with E-state index in [1.54, 1.807) is 4.68 Å². The number of aliphatic hydroxyl groups is 1. The molecular formula is C11H20N4O. The van der Waals surface area contributed by atoms with Crippen molar-refractivity contribution in [3.8, 4) is 0 Å². The van der Waals surface area contributed by atoms with Crippen molar-refractivity contribution < 1.29 is 5.11 Å². The Morgan fingerprint density at radius 2 is 2.44 bits per heavy atom. The van der Waals surface area contributed by atoms with Gasteiger partial charge in [-0.05, 0) is 25.2 Å². The van der Waals surface area contributed by atoms with E-state index in [-0.39, 0.29) is 6.61 Å². The minimum Gasteiger partial charge on any atom is -0.394 e. The lowest BCUT2D eigenvalue weighted by molar-refractivity contribution is 0.268. The maximum absolute atomic E-state index is 8.76. The third kappa shape index (κ3) is 3.02. The molecule has 0 bridgehead atoms. The smallest absolute Gasteiger partial charge is 0.0964 e. The van der Waals surface area contributed by atoms with E-state index in [9.17, 15) is 0 Å². The van der Waals surface area contributed by atoms with E-state index in [2.05, 4.69) is 22.6 Å². The first-order valence-corrected chi connectivity index (χ1v) is 6.01. The quantitative estimate of drug-likeness (QED) is 0.766. The molecule has 1 aromatic heterocycles. The highest BCUT2D eigenvalue weighted by atomic mass is 16.3. The summed E-state index contributed by atoms with van der Waals surface area (Å²) in [5.74, 6) is 0.850. The Kier molecular flexibility index (Phi) is 3.90. The SMILES string of the molecule is CC1CCC(NCc2cn(CCO)nn2)C1. The van der Waals surface area contributed by atoms with Crippen LogP contribution in [0.25, 0.3) is 0 Å². The maximum atomic E-state index is 8.76. The zero-order chi connectivity index (χ0) is 11.4. The number of aromatic nitrogens is 3. The third-order valence-electron chi connectivity index (χ3n) is 3.18. The Bertz CT molecular complexity index is 326. The fourth-order valence-corrected chi connectivity index (χ4v) is 2.27. The van der Waals surface area contributed by atoms with Gasteiger partial charge in [0, 0.05) is 18.8 Å². The Hall–Kier alpha value is -0.940. The van der Waals surface area contributed by atoms with E-state index in [0.717, 1.165) is 18.2 Å². The van der Waals surface area contributed by atoms with Crippen molar-refractivity contribution in [2.75, 3.05) is 6.61 Å². The molecule has 0 saturated heterocycles. The van der Waals surface area contributed by atoms with Gasteiger partial charge in [-0.2, -0.15) is 0 Å². The lowest BCUT2D eigenvalue weighted by Crippen LogP contribution is -2.25. The largest absolute Gasteiger partial charge is 0.394 e. The van der Waals surface area contributed by atoms with Crippen LogP contribution in [-0.4, -0.2) is 32.7 Å². The molecule has 0 amide bonds. The van der Waals surface area contributed by atoms with Crippen molar-refractivity contribution in [1.82, 2.24) is 20.3 Å². The summed E-state index contributed by atoms with van der Waals surface area (Å²) in [5, 5.41) is 20.2. The van der Waals surface area contributed by atoms with Crippen molar-refractivity contribution in [2.45, 2.75) is 45.3 Å². The van der Waals surface area contributed by atoms with Crippen LogP contribution in [0.1, 0.15) is 31.9 Å². The van der Waals surface area contributed by atoms with Crippen molar-refractivity contribution in [3.05, 3.63) is 11.9 Å². The van der Waals surface area contributed by atoms with Crippen molar-refractivity contribution in [2.24, 2.45) is 5.92 Å². The van der Waals surface area contributed by atoms with Gasteiger partial charge in [-0.25, -0.2) is 4.68 Å². The van der Waals surface area contributed by atoms with Crippen LogP contribution in [0.15, 0.2) is 6.20 Å². The van der Waals surface area contributed by atoms with Gasteiger partial charge in [-0.3, -0.25) is 0 Å². The molecule has 0 spiro atoms. The summed E-state index contributed by atoms with van der Waals surface area (Å²) in [4.78, 5) is 0. The van der Waals surface area contributed by atoms with Gasteiger partial charge < -0.3 is 10.4 Å². The van der Waals surface area contributed by atoms with Gasteiger partial charge in [0.15, 0.2) is 0 Å². The first kappa shape index (κ1) is 11.5. The molecule has 2 unspecified atom stereocenters. The van der Waals surface area contributed by atoms with Gasteiger partial charge in [-0.15, -0.1) is 5.10 Å². The summed E-state index contributed by atoms with van der Waals surface area (Å²) in [6.45, 7) is 3.71. The van der Waals surface area contributed by atoms with Crippen LogP contribution < -0.4 is 5.32 Å². The normalized spacial score (nSPS) is 25.1. The van der Waals surface area contributed by atoms with E-state index in [0.29, 0.717) is 12.6 Å². The predicted molar refractivity (Wildman–Crippen MR) is 60.8 cm³/mol. The molecule has 2 atom stereocenters. The van der Waals surface area contributed by atoms with E-state index in [4.69, 9.17) is 5.11 Å².